The van der Waals surface area contributed by atoms with Crippen LogP contribution in [-0.2, 0) is 24.8 Å². The molecule has 34 heavy (non-hydrogen) atoms. The van der Waals surface area contributed by atoms with E-state index < -0.39 is 26.0 Å². The number of hydrogen-bond acceptors (Lipinski definition) is 7. The average molecular weight is 510 g/mol. The molecule has 0 bridgehead atoms. The van der Waals surface area contributed by atoms with Gasteiger partial charge in [-0.2, -0.15) is 8.61 Å². The lowest BCUT2D eigenvalue weighted by Gasteiger charge is -2.26. The summed E-state index contributed by atoms with van der Waals surface area (Å²) in [5.74, 6) is -0.344. The number of sulfonamides is 2. The van der Waals surface area contributed by atoms with Crippen LogP contribution in [0.4, 0.5) is 5.69 Å². The molecule has 10 nitrogen and oxygen atoms in total. The molecule has 2 aromatic carbocycles. The van der Waals surface area contributed by atoms with Gasteiger partial charge in [0.1, 0.15) is 5.75 Å². The van der Waals surface area contributed by atoms with Gasteiger partial charge in [0.15, 0.2) is 0 Å². The minimum Gasteiger partial charge on any atom is -0.496 e. The Kier molecular flexibility index (Phi) is 7.24. The van der Waals surface area contributed by atoms with Gasteiger partial charge in [0, 0.05) is 31.9 Å². The Balaban J connectivity index is 1.54. The number of morpholine rings is 1. The highest BCUT2D eigenvalue weighted by atomic mass is 32.2. The number of anilines is 1. The lowest BCUT2D eigenvalue weighted by Crippen LogP contribution is -2.40. The fourth-order valence-corrected chi connectivity index (χ4v) is 6.90. The molecule has 1 amide bonds. The molecule has 2 saturated heterocycles. The maximum atomic E-state index is 13.0. The largest absolute Gasteiger partial charge is 0.496 e. The first-order chi connectivity index (χ1) is 16.2. The van der Waals surface area contributed by atoms with E-state index in [4.69, 9.17) is 9.47 Å². The highest BCUT2D eigenvalue weighted by molar-refractivity contribution is 7.89. The van der Waals surface area contributed by atoms with Crippen molar-refractivity contribution in [3.63, 3.8) is 0 Å². The third kappa shape index (κ3) is 4.96. The van der Waals surface area contributed by atoms with Crippen LogP contribution in [0.15, 0.2) is 52.3 Å². The molecule has 184 valence electrons. The van der Waals surface area contributed by atoms with Crippen molar-refractivity contribution in [1.29, 1.82) is 0 Å². The Morgan fingerprint density at radius 2 is 1.41 bits per heavy atom. The maximum Gasteiger partial charge on any atom is 0.259 e. The van der Waals surface area contributed by atoms with Gasteiger partial charge >= 0.3 is 0 Å². The molecule has 1 N–H and O–H groups in total. The molecule has 2 fully saturated rings. The smallest absolute Gasteiger partial charge is 0.259 e. The van der Waals surface area contributed by atoms with Gasteiger partial charge in [-0.05, 0) is 55.3 Å². The number of carbonyl (C=O) groups excluding carboxylic acids is 1. The highest BCUT2D eigenvalue weighted by Gasteiger charge is 2.29. The number of amides is 1. The quantitative estimate of drug-likeness (QED) is 0.603. The first-order valence-electron chi connectivity index (χ1n) is 10.9. The number of nitrogens with one attached hydrogen (secondary N) is 1. The van der Waals surface area contributed by atoms with Crippen molar-refractivity contribution in [3.05, 3.63) is 48.0 Å². The molecule has 12 heteroatoms. The van der Waals surface area contributed by atoms with Crippen molar-refractivity contribution >= 4 is 31.6 Å². The summed E-state index contributed by atoms with van der Waals surface area (Å²) >= 11 is 0. The highest BCUT2D eigenvalue weighted by Crippen LogP contribution is 2.27. The van der Waals surface area contributed by atoms with Crippen molar-refractivity contribution < 1.29 is 31.1 Å². The number of rotatable bonds is 7. The monoisotopic (exact) mass is 509 g/mol. The van der Waals surface area contributed by atoms with Crippen LogP contribution in [0.2, 0.25) is 0 Å². The van der Waals surface area contributed by atoms with E-state index in [-0.39, 0.29) is 34.2 Å². The second-order valence-corrected chi connectivity index (χ2v) is 11.8. The second kappa shape index (κ2) is 10.0. The normalized spacial score (nSPS) is 18.0. The van der Waals surface area contributed by atoms with Crippen LogP contribution in [0.1, 0.15) is 23.2 Å². The van der Waals surface area contributed by atoms with E-state index in [9.17, 15) is 21.6 Å². The van der Waals surface area contributed by atoms with E-state index in [0.717, 1.165) is 12.8 Å². The van der Waals surface area contributed by atoms with Crippen LogP contribution >= 0.6 is 0 Å². The molecule has 0 atom stereocenters. The summed E-state index contributed by atoms with van der Waals surface area (Å²) in [5, 5.41) is 2.68. The molecular formula is C22H27N3O7S2. The number of carbonyl (C=O) groups is 1. The standard InChI is InChI=1S/C22H27N3O7S2/c1-31-21-9-8-19(34(29,30)24-10-2-3-11-24)16-20(21)22(26)23-17-4-6-18(7-5-17)33(27,28)25-12-14-32-15-13-25/h4-9,16H,2-3,10-15H2,1H3,(H,23,26). The van der Waals surface area contributed by atoms with E-state index in [0.29, 0.717) is 32.0 Å². The van der Waals surface area contributed by atoms with Crippen molar-refractivity contribution in [2.24, 2.45) is 0 Å². The molecule has 2 aliphatic heterocycles. The molecule has 0 radical (unpaired) electrons. The summed E-state index contributed by atoms with van der Waals surface area (Å²) in [6.07, 6.45) is 1.61. The Labute approximate surface area is 199 Å². The molecular weight excluding hydrogens is 482 g/mol. The Morgan fingerprint density at radius 3 is 2.03 bits per heavy atom. The van der Waals surface area contributed by atoms with Gasteiger partial charge in [0.05, 0.1) is 35.7 Å². The Bertz CT molecular complexity index is 1250. The lowest BCUT2D eigenvalue weighted by atomic mass is 10.2. The predicted molar refractivity (Wildman–Crippen MR) is 125 cm³/mol. The minimum absolute atomic E-state index is 0.0207. The number of benzene rings is 2. The molecule has 2 aromatic rings. The van der Waals surface area contributed by atoms with Crippen molar-refractivity contribution in [2.75, 3.05) is 51.8 Å². The van der Waals surface area contributed by atoms with Gasteiger partial charge in [0.25, 0.3) is 5.91 Å². The molecule has 2 aliphatic rings. The van der Waals surface area contributed by atoms with Gasteiger partial charge < -0.3 is 14.8 Å². The molecule has 2 heterocycles. The topological polar surface area (TPSA) is 122 Å². The number of ether oxygens (including phenoxy) is 2. The zero-order chi connectivity index (χ0) is 24.3. The summed E-state index contributed by atoms with van der Waals surface area (Å²) in [4.78, 5) is 13.1. The molecule has 0 aromatic heterocycles. The third-order valence-corrected chi connectivity index (χ3v) is 9.65. The summed E-state index contributed by atoms with van der Waals surface area (Å²) < 4.78 is 64.6. The van der Waals surface area contributed by atoms with Crippen molar-refractivity contribution in [2.45, 2.75) is 22.6 Å². The van der Waals surface area contributed by atoms with Crippen LogP contribution in [-0.4, -0.2) is 77.9 Å². The predicted octanol–water partition coefficient (Wildman–Crippen LogP) is 1.75. The van der Waals surface area contributed by atoms with Gasteiger partial charge in [-0.3, -0.25) is 4.79 Å². The maximum absolute atomic E-state index is 13.0. The number of hydrogen-bond donors (Lipinski definition) is 1. The first kappa shape index (κ1) is 24.6. The molecule has 4 rings (SSSR count). The fraction of sp³-hybridized carbons (Fsp3) is 0.409. The van der Waals surface area contributed by atoms with Crippen LogP contribution in [0.5, 0.6) is 5.75 Å². The zero-order valence-electron chi connectivity index (χ0n) is 18.8. The molecule has 0 saturated carbocycles. The number of nitrogens with zero attached hydrogens (tertiary/aromatic N) is 2. The van der Waals surface area contributed by atoms with Crippen LogP contribution in [0.25, 0.3) is 0 Å². The van der Waals surface area contributed by atoms with Crippen LogP contribution in [0, 0.1) is 0 Å². The summed E-state index contributed by atoms with van der Waals surface area (Å²) in [5.41, 5.74) is 0.425. The molecule has 0 aliphatic carbocycles. The second-order valence-electron chi connectivity index (χ2n) is 7.97. The van der Waals surface area contributed by atoms with Gasteiger partial charge in [-0.15, -0.1) is 0 Å². The van der Waals surface area contributed by atoms with Gasteiger partial charge in [0.2, 0.25) is 20.0 Å². The van der Waals surface area contributed by atoms with Gasteiger partial charge in [-0.25, -0.2) is 16.8 Å². The summed E-state index contributed by atoms with van der Waals surface area (Å²) in [6.45, 7) is 2.18. The lowest BCUT2D eigenvalue weighted by molar-refractivity contribution is 0.0730. The van der Waals surface area contributed by atoms with Crippen LogP contribution < -0.4 is 10.1 Å². The Morgan fingerprint density at radius 1 is 0.853 bits per heavy atom. The Hall–Kier alpha value is -2.51. The van der Waals surface area contributed by atoms with E-state index in [2.05, 4.69) is 5.32 Å². The first-order valence-corrected chi connectivity index (χ1v) is 13.8. The summed E-state index contributed by atoms with van der Waals surface area (Å²) in [6, 6.07) is 10.0. The fourth-order valence-electron chi connectivity index (χ4n) is 3.95. The third-order valence-electron chi connectivity index (χ3n) is 5.84. The SMILES string of the molecule is COc1ccc(S(=O)(=O)N2CCCC2)cc1C(=O)Nc1ccc(S(=O)(=O)N2CCOCC2)cc1. The van der Waals surface area contributed by atoms with E-state index in [1.807, 2.05) is 0 Å². The molecule has 0 unspecified atom stereocenters. The van der Waals surface area contributed by atoms with Gasteiger partial charge in [-0.1, -0.05) is 0 Å². The average Bonchev–Trinajstić information content (AvgIpc) is 3.40. The van der Waals surface area contributed by atoms with Crippen LogP contribution in [0.3, 0.4) is 0 Å². The van der Waals surface area contributed by atoms with Crippen molar-refractivity contribution in [3.8, 4) is 5.75 Å². The summed E-state index contributed by atoms with van der Waals surface area (Å²) in [7, 11) is -5.96. The van der Waals surface area contributed by atoms with E-state index in [1.165, 1.54) is 58.2 Å². The van der Waals surface area contributed by atoms with Crippen molar-refractivity contribution in [1.82, 2.24) is 8.61 Å². The molecule has 0 spiro atoms. The number of methoxy groups -OCH3 is 1. The van der Waals surface area contributed by atoms with E-state index >= 15 is 0 Å². The zero-order valence-corrected chi connectivity index (χ0v) is 20.4. The van der Waals surface area contributed by atoms with E-state index in [1.54, 1.807) is 0 Å². The minimum atomic E-state index is -3.71.